The van der Waals surface area contributed by atoms with E-state index in [-0.39, 0.29) is 11.8 Å². The number of benzene rings is 1. The molecule has 0 aromatic heterocycles. The van der Waals surface area contributed by atoms with Crippen molar-refractivity contribution in [2.45, 2.75) is 45.1 Å². The number of likely N-dealkylation sites (tertiary alicyclic amines) is 1. The molecule has 1 fully saturated rings. The molecule has 0 bridgehead atoms. The standard InChI is InChI=1S/C16H20ClNO3/c1-10(2)12-7-6-11(9-13(12)17)15(19)18-8-4-3-5-14(18)16(20)21/h6-7,9-10,14H,3-5,8H2,1-2H3,(H,20,21). The van der Waals surface area contributed by atoms with Gasteiger partial charge >= 0.3 is 5.97 Å². The van der Waals surface area contributed by atoms with Crippen LogP contribution in [0.2, 0.25) is 5.02 Å². The fourth-order valence-electron chi connectivity index (χ4n) is 2.73. The number of hydrogen-bond acceptors (Lipinski definition) is 2. The first kappa shape index (κ1) is 15.8. The van der Waals surface area contributed by atoms with E-state index in [0.717, 1.165) is 18.4 Å². The summed E-state index contributed by atoms with van der Waals surface area (Å²) in [5.41, 5.74) is 1.44. The molecule has 1 unspecified atom stereocenters. The lowest BCUT2D eigenvalue weighted by molar-refractivity contribution is -0.143. The van der Waals surface area contributed by atoms with Crippen LogP contribution in [0.25, 0.3) is 0 Å². The lowest BCUT2D eigenvalue weighted by atomic mass is 9.98. The maximum absolute atomic E-state index is 12.6. The van der Waals surface area contributed by atoms with Gasteiger partial charge in [-0.25, -0.2) is 4.79 Å². The van der Waals surface area contributed by atoms with E-state index in [4.69, 9.17) is 11.6 Å². The van der Waals surface area contributed by atoms with Crippen molar-refractivity contribution in [3.05, 3.63) is 34.3 Å². The minimum atomic E-state index is -0.937. The van der Waals surface area contributed by atoms with E-state index >= 15 is 0 Å². The van der Waals surface area contributed by atoms with Crippen molar-refractivity contribution in [1.82, 2.24) is 4.90 Å². The number of rotatable bonds is 3. The molecular formula is C16H20ClNO3. The van der Waals surface area contributed by atoms with Crippen LogP contribution >= 0.6 is 11.6 Å². The van der Waals surface area contributed by atoms with Gasteiger partial charge in [0.25, 0.3) is 5.91 Å². The molecule has 1 saturated heterocycles. The van der Waals surface area contributed by atoms with Crippen LogP contribution in [0.3, 0.4) is 0 Å². The van der Waals surface area contributed by atoms with Crippen molar-refractivity contribution >= 4 is 23.5 Å². The fraction of sp³-hybridized carbons (Fsp3) is 0.500. The van der Waals surface area contributed by atoms with Gasteiger partial charge in [-0.1, -0.05) is 31.5 Å². The number of nitrogens with zero attached hydrogens (tertiary/aromatic N) is 1. The first-order valence-electron chi connectivity index (χ1n) is 7.25. The predicted octanol–water partition coefficient (Wildman–Crippen LogP) is 3.54. The highest BCUT2D eigenvalue weighted by Gasteiger charge is 2.32. The van der Waals surface area contributed by atoms with Crippen LogP contribution < -0.4 is 0 Å². The molecule has 1 aliphatic heterocycles. The highest BCUT2D eigenvalue weighted by molar-refractivity contribution is 6.31. The highest BCUT2D eigenvalue weighted by atomic mass is 35.5. The molecule has 1 aromatic rings. The van der Waals surface area contributed by atoms with Gasteiger partial charge in [-0.15, -0.1) is 0 Å². The van der Waals surface area contributed by atoms with Crippen molar-refractivity contribution in [2.24, 2.45) is 0 Å². The monoisotopic (exact) mass is 309 g/mol. The maximum atomic E-state index is 12.6. The summed E-state index contributed by atoms with van der Waals surface area (Å²) in [6.45, 7) is 4.56. The van der Waals surface area contributed by atoms with Crippen molar-refractivity contribution in [3.63, 3.8) is 0 Å². The number of halogens is 1. The van der Waals surface area contributed by atoms with Gasteiger partial charge in [-0.05, 0) is 42.9 Å². The molecule has 1 amide bonds. The number of aliphatic carboxylic acids is 1. The molecule has 21 heavy (non-hydrogen) atoms. The van der Waals surface area contributed by atoms with Gasteiger partial charge in [0.15, 0.2) is 0 Å². The molecule has 4 nitrogen and oxygen atoms in total. The summed E-state index contributed by atoms with van der Waals surface area (Å²) in [5.74, 6) is -0.907. The van der Waals surface area contributed by atoms with Gasteiger partial charge in [-0.2, -0.15) is 0 Å². The van der Waals surface area contributed by atoms with Crippen LogP contribution in [0.5, 0.6) is 0 Å². The average molecular weight is 310 g/mol. The lowest BCUT2D eigenvalue weighted by Gasteiger charge is -2.33. The molecule has 0 spiro atoms. The van der Waals surface area contributed by atoms with Gasteiger partial charge in [0.1, 0.15) is 6.04 Å². The Bertz CT molecular complexity index is 556. The molecule has 1 atom stereocenters. The smallest absolute Gasteiger partial charge is 0.326 e. The number of piperidine rings is 1. The predicted molar refractivity (Wildman–Crippen MR) is 81.9 cm³/mol. The van der Waals surface area contributed by atoms with Crippen LogP contribution in [0.4, 0.5) is 0 Å². The topological polar surface area (TPSA) is 57.6 Å². The molecule has 1 N–H and O–H groups in total. The number of carbonyl (C=O) groups is 2. The van der Waals surface area contributed by atoms with E-state index in [1.807, 2.05) is 19.9 Å². The average Bonchev–Trinajstić information content (AvgIpc) is 2.45. The largest absolute Gasteiger partial charge is 0.480 e. The summed E-state index contributed by atoms with van der Waals surface area (Å²) >= 11 is 6.22. The molecular weight excluding hydrogens is 290 g/mol. The SMILES string of the molecule is CC(C)c1ccc(C(=O)N2CCCCC2C(=O)O)cc1Cl. The summed E-state index contributed by atoms with van der Waals surface area (Å²) in [5, 5.41) is 9.81. The van der Waals surface area contributed by atoms with E-state index in [1.165, 1.54) is 4.90 Å². The second kappa shape index (κ2) is 6.48. The molecule has 1 heterocycles. The minimum absolute atomic E-state index is 0.251. The summed E-state index contributed by atoms with van der Waals surface area (Å²) in [4.78, 5) is 25.3. The molecule has 0 radical (unpaired) electrons. The summed E-state index contributed by atoms with van der Waals surface area (Å²) in [6, 6.07) is 4.50. The summed E-state index contributed by atoms with van der Waals surface area (Å²) in [6.07, 6.45) is 2.19. The number of amides is 1. The Balaban J connectivity index is 2.26. The number of carbonyl (C=O) groups excluding carboxylic acids is 1. The molecule has 5 heteroatoms. The van der Waals surface area contributed by atoms with E-state index in [0.29, 0.717) is 23.6 Å². The van der Waals surface area contributed by atoms with Crippen LogP contribution in [0.1, 0.15) is 54.9 Å². The van der Waals surface area contributed by atoms with Crippen molar-refractivity contribution < 1.29 is 14.7 Å². The van der Waals surface area contributed by atoms with Gasteiger partial charge in [-0.3, -0.25) is 4.79 Å². The third-order valence-corrected chi connectivity index (χ3v) is 4.25. The Morgan fingerprint density at radius 2 is 2.05 bits per heavy atom. The Morgan fingerprint density at radius 1 is 1.33 bits per heavy atom. The maximum Gasteiger partial charge on any atom is 0.326 e. The molecule has 2 rings (SSSR count). The molecule has 1 aromatic carbocycles. The van der Waals surface area contributed by atoms with E-state index in [1.54, 1.807) is 12.1 Å². The Kier molecular flexibility index (Phi) is 4.88. The Hall–Kier alpha value is -1.55. The van der Waals surface area contributed by atoms with Crippen LogP contribution in [-0.2, 0) is 4.79 Å². The van der Waals surface area contributed by atoms with Gasteiger partial charge in [0, 0.05) is 17.1 Å². The van der Waals surface area contributed by atoms with Crippen LogP contribution in [-0.4, -0.2) is 34.5 Å². The molecule has 1 aliphatic rings. The second-order valence-electron chi connectivity index (χ2n) is 5.74. The first-order valence-corrected chi connectivity index (χ1v) is 7.63. The van der Waals surface area contributed by atoms with Crippen molar-refractivity contribution in [1.29, 1.82) is 0 Å². The third kappa shape index (κ3) is 3.38. The summed E-state index contributed by atoms with van der Waals surface area (Å²) < 4.78 is 0. The van der Waals surface area contributed by atoms with Crippen molar-refractivity contribution in [2.75, 3.05) is 6.54 Å². The Morgan fingerprint density at radius 3 is 2.62 bits per heavy atom. The number of hydrogen-bond donors (Lipinski definition) is 1. The minimum Gasteiger partial charge on any atom is -0.480 e. The zero-order chi connectivity index (χ0) is 15.6. The zero-order valence-corrected chi connectivity index (χ0v) is 13.1. The fourth-order valence-corrected chi connectivity index (χ4v) is 3.12. The number of carboxylic acid groups (broad SMARTS) is 1. The molecule has 114 valence electrons. The number of carboxylic acids is 1. The van der Waals surface area contributed by atoms with E-state index < -0.39 is 12.0 Å². The Labute approximate surface area is 129 Å². The molecule has 0 aliphatic carbocycles. The van der Waals surface area contributed by atoms with Crippen molar-refractivity contribution in [3.8, 4) is 0 Å². The van der Waals surface area contributed by atoms with Crippen LogP contribution in [0, 0.1) is 0 Å². The van der Waals surface area contributed by atoms with Gasteiger partial charge < -0.3 is 10.0 Å². The summed E-state index contributed by atoms with van der Waals surface area (Å²) in [7, 11) is 0. The normalized spacial score (nSPS) is 18.9. The van der Waals surface area contributed by atoms with Gasteiger partial charge in [0.2, 0.25) is 0 Å². The second-order valence-corrected chi connectivity index (χ2v) is 6.15. The first-order chi connectivity index (χ1) is 9.91. The van der Waals surface area contributed by atoms with Crippen LogP contribution in [0.15, 0.2) is 18.2 Å². The quantitative estimate of drug-likeness (QED) is 0.929. The van der Waals surface area contributed by atoms with Gasteiger partial charge in [0.05, 0.1) is 0 Å². The lowest BCUT2D eigenvalue weighted by Crippen LogP contribution is -2.48. The highest BCUT2D eigenvalue weighted by Crippen LogP contribution is 2.27. The molecule has 0 saturated carbocycles. The zero-order valence-electron chi connectivity index (χ0n) is 12.3. The van der Waals surface area contributed by atoms with E-state index in [2.05, 4.69) is 0 Å². The third-order valence-electron chi connectivity index (χ3n) is 3.92. The van der Waals surface area contributed by atoms with E-state index in [9.17, 15) is 14.7 Å².